The van der Waals surface area contributed by atoms with Gasteiger partial charge in [0.1, 0.15) is 17.6 Å². The number of aromatic nitrogens is 3. The van der Waals surface area contributed by atoms with Crippen LogP contribution in [-0.4, -0.2) is 33.5 Å². The first-order valence-corrected chi connectivity index (χ1v) is 9.39. The summed E-state index contributed by atoms with van der Waals surface area (Å²) in [6.45, 7) is 2.99. The molecule has 1 aromatic carbocycles. The minimum absolute atomic E-state index is 0.464. The molecule has 0 saturated heterocycles. The molecule has 0 spiro atoms. The van der Waals surface area contributed by atoms with Crippen molar-refractivity contribution in [2.45, 2.75) is 26.0 Å². The molecule has 28 heavy (non-hydrogen) atoms. The zero-order valence-corrected chi connectivity index (χ0v) is 16.0. The normalized spacial score (nSPS) is 19.1. The summed E-state index contributed by atoms with van der Waals surface area (Å²) in [6.07, 6.45) is 3.99. The molecule has 2 heterocycles. The smallest absolute Gasteiger partial charge is 0.167 e. The van der Waals surface area contributed by atoms with Gasteiger partial charge in [-0.05, 0) is 43.5 Å². The molecular weight excluding hydrogens is 354 g/mol. The molecule has 2 aromatic heterocycles. The lowest BCUT2D eigenvalue weighted by molar-refractivity contribution is 0.183. The number of rotatable bonds is 6. The van der Waals surface area contributed by atoms with Crippen LogP contribution >= 0.6 is 0 Å². The van der Waals surface area contributed by atoms with Gasteiger partial charge >= 0.3 is 0 Å². The van der Waals surface area contributed by atoms with Crippen molar-refractivity contribution in [3.05, 3.63) is 59.8 Å². The SMILES string of the molecule is COC[C@@H]1C[C@H]1C#Cc1ccc(-c2cc(Cn3ccnc3[C@H](C)O)no2)cc1. The fourth-order valence-corrected chi connectivity index (χ4v) is 3.24. The molecule has 3 atom stereocenters. The summed E-state index contributed by atoms with van der Waals surface area (Å²) in [4.78, 5) is 4.17. The summed E-state index contributed by atoms with van der Waals surface area (Å²) < 4.78 is 12.5. The van der Waals surface area contributed by atoms with Crippen molar-refractivity contribution in [2.24, 2.45) is 11.8 Å². The van der Waals surface area contributed by atoms with Gasteiger partial charge in [0.05, 0.1) is 13.2 Å². The van der Waals surface area contributed by atoms with E-state index in [1.165, 1.54) is 0 Å². The van der Waals surface area contributed by atoms with Crippen molar-refractivity contribution in [1.82, 2.24) is 14.7 Å². The van der Waals surface area contributed by atoms with Crippen LogP contribution in [-0.2, 0) is 11.3 Å². The van der Waals surface area contributed by atoms with Crippen LogP contribution in [0.2, 0.25) is 0 Å². The Balaban J connectivity index is 1.41. The standard InChI is InChI=1S/C22H23N3O3/c1-15(26)22-23-9-10-25(22)13-20-12-21(28-24-20)17-6-3-16(4-7-17)5-8-18-11-19(18)14-27-2/h3-4,6-7,9-10,12,15,18-19,26H,11,13-14H2,1-2H3/t15-,18+,19-/m0/s1. The number of benzene rings is 1. The number of methoxy groups -OCH3 is 1. The molecule has 1 aliphatic rings. The van der Waals surface area contributed by atoms with E-state index in [4.69, 9.17) is 9.26 Å². The molecule has 1 saturated carbocycles. The maximum atomic E-state index is 9.76. The molecule has 1 fully saturated rings. The molecule has 3 aromatic rings. The first-order valence-electron chi connectivity index (χ1n) is 9.39. The van der Waals surface area contributed by atoms with Crippen LogP contribution in [0.4, 0.5) is 0 Å². The third-order valence-corrected chi connectivity index (χ3v) is 4.89. The highest BCUT2D eigenvalue weighted by Gasteiger charge is 2.35. The number of hydrogen-bond donors (Lipinski definition) is 1. The summed E-state index contributed by atoms with van der Waals surface area (Å²) >= 11 is 0. The average molecular weight is 377 g/mol. The Morgan fingerprint density at radius 1 is 1.36 bits per heavy atom. The maximum absolute atomic E-state index is 9.76. The third kappa shape index (κ3) is 4.16. The third-order valence-electron chi connectivity index (χ3n) is 4.89. The number of imidazole rings is 1. The second-order valence-electron chi connectivity index (χ2n) is 7.18. The minimum atomic E-state index is -0.629. The highest BCUT2D eigenvalue weighted by atomic mass is 16.5. The van der Waals surface area contributed by atoms with Crippen LogP contribution in [0.25, 0.3) is 11.3 Å². The van der Waals surface area contributed by atoms with Crippen molar-refractivity contribution in [1.29, 1.82) is 0 Å². The fraction of sp³-hybridized carbons (Fsp3) is 0.364. The predicted octanol–water partition coefficient (Wildman–Crippen LogP) is 3.27. The van der Waals surface area contributed by atoms with Gasteiger partial charge in [0, 0.05) is 42.6 Å². The van der Waals surface area contributed by atoms with E-state index in [0.29, 0.717) is 30.0 Å². The lowest BCUT2D eigenvalue weighted by Gasteiger charge is -2.07. The Labute approximate surface area is 164 Å². The molecule has 4 rings (SSSR count). The summed E-state index contributed by atoms with van der Waals surface area (Å²) in [5.74, 6) is 8.92. The van der Waals surface area contributed by atoms with E-state index in [-0.39, 0.29) is 0 Å². The van der Waals surface area contributed by atoms with E-state index < -0.39 is 6.10 Å². The number of ether oxygens (including phenoxy) is 1. The molecule has 0 unspecified atom stereocenters. The second-order valence-corrected chi connectivity index (χ2v) is 7.18. The molecular formula is C22H23N3O3. The van der Waals surface area contributed by atoms with E-state index in [1.807, 2.05) is 41.1 Å². The van der Waals surface area contributed by atoms with Crippen molar-refractivity contribution < 1.29 is 14.4 Å². The molecule has 0 amide bonds. The maximum Gasteiger partial charge on any atom is 0.167 e. The second kappa shape index (κ2) is 8.01. The Hall–Kier alpha value is -2.88. The Kier molecular flexibility index (Phi) is 5.29. The van der Waals surface area contributed by atoms with Crippen LogP contribution in [0.1, 0.15) is 36.5 Å². The number of aliphatic hydroxyl groups is 1. The average Bonchev–Trinajstić information content (AvgIpc) is 3.07. The van der Waals surface area contributed by atoms with E-state index in [1.54, 1.807) is 20.2 Å². The molecule has 1 N–H and O–H groups in total. The van der Waals surface area contributed by atoms with Crippen molar-refractivity contribution in [2.75, 3.05) is 13.7 Å². The van der Waals surface area contributed by atoms with Gasteiger partial charge in [-0.2, -0.15) is 0 Å². The molecule has 0 radical (unpaired) electrons. The largest absolute Gasteiger partial charge is 0.385 e. The monoisotopic (exact) mass is 377 g/mol. The van der Waals surface area contributed by atoms with Crippen molar-refractivity contribution in [3.8, 4) is 23.2 Å². The lowest BCUT2D eigenvalue weighted by atomic mass is 10.1. The van der Waals surface area contributed by atoms with Crippen LogP contribution in [0.15, 0.2) is 47.2 Å². The predicted molar refractivity (Wildman–Crippen MR) is 104 cm³/mol. The van der Waals surface area contributed by atoms with E-state index in [2.05, 4.69) is 22.0 Å². The molecule has 144 valence electrons. The fourth-order valence-electron chi connectivity index (χ4n) is 3.24. The van der Waals surface area contributed by atoms with Crippen LogP contribution in [0.5, 0.6) is 0 Å². The van der Waals surface area contributed by atoms with E-state index in [9.17, 15) is 5.11 Å². The van der Waals surface area contributed by atoms with Gasteiger partial charge in [-0.15, -0.1) is 0 Å². The van der Waals surface area contributed by atoms with Gasteiger partial charge in [-0.1, -0.05) is 17.0 Å². The number of aliphatic hydroxyl groups excluding tert-OH is 1. The van der Waals surface area contributed by atoms with Crippen molar-refractivity contribution >= 4 is 0 Å². The summed E-state index contributed by atoms with van der Waals surface area (Å²) in [7, 11) is 1.73. The first kappa shape index (κ1) is 18.5. The number of hydrogen-bond acceptors (Lipinski definition) is 5. The van der Waals surface area contributed by atoms with Gasteiger partial charge < -0.3 is 18.9 Å². The Morgan fingerprint density at radius 2 is 2.18 bits per heavy atom. The van der Waals surface area contributed by atoms with Crippen molar-refractivity contribution in [3.63, 3.8) is 0 Å². The van der Waals surface area contributed by atoms with E-state index >= 15 is 0 Å². The summed E-state index contributed by atoms with van der Waals surface area (Å²) in [5, 5.41) is 13.9. The van der Waals surface area contributed by atoms with Gasteiger partial charge in [0.15, 0.2) is 5.76 Å². The van der Waals surface area contributed by atoms with Gasteiger partial charge in [-0.25, -0.2) is 4.98 Å². The van der Waals surface area contributed by atoms with Crippen LogP contribution < -0.4 is 0 Å². The highest BCUT2D eigenvalue weighted by molar-refractivity contribution is 5.59. The molecule has 6 heteroatoms. The zero-order valence-electron chi connectivity index (χ0n) is 16.0. The zero-order chi connectivity index (χ0) is 19.5. The minimum Gasteiger partial charge on any atom is -0.385 e. The summed E-state index contributed by atoms with van der Waals surface area (Å²) in [6, 6.07) is 9.89. The van der Waals surface area contributed by atoms with E-state index in [0.717, 1.165) is 29.8 Å². The number of nitrogens with zero attached hydrogens (tertiary/aromatic N) is 3. The first-order chi connectivity index (χ1) is 13.6. The van der Waals surface area contributed by atoms with Gasteiger partial charge in [-0.3, -0.25) is 0 Å². The molecule has 0 aliphatic heterocycles. The summed E-state index contributed by atoms with van der Waals surface area (Å²) in [5.41, 5.74) is 2.72. The highest BCUT2D eigenvalue weighted by Crippen LogP contribution is 2.37. The quantitative estimate of drug-likeness (QED) is 0.668. The topological polar surface area (TPSA) is 73.3 Å². The Bertz CT molecular complexity index is 992. The van der Waals surface area contributed by atoms with Gasteiger partial charge in [0.25, 0.3) is 0 Å². The van der Waals surface area contributed by atoms with Crippen LogP contribution in [0.3, 0.4) is 0 Å². The van der Waals surface area contributed by atoms with Gasteiger partial charge in [0.2, 0.25) is 0 Å². The molecule has 0 bridgehead atoms. The molecule has 1 aliphatic carbocycles. The van der Waals surface area contributed by atoms with Crippen LogP contribution in [0, 0.1) is 23.7 Å². The lowest BCUT2D eigenvalue weighted by Crippen LogP contribution is -2.07. The Morgan fingerprint density at radius 3 is 2.93 bits per heavy atom. The molecule has 6 nitrogen and oxygen atoms in total.